The molecule has 1 fully saturated rings. The first-order chi connectivity index (χ1) is 8.65. The third-order valence-corrected chi connectivity index (χ3v) is 2.91. The second kappa shape index (κ2) is 5.80. The standard InChI is InChI=1S/C13H15F2NO2/c14-10-6-11(15)8-12(7-10)18-9-13(17)16-4-2-1-3-5-16/h6-8H,1-5,9H2. The van der Waals surface area contributed by atoms with E-state index >= 15 is 0 Å². The first kappa shape index (κ1) is 12.8. The summed E-state index contributed by atoms with van der Waals surface area (Å²) < 4.78 is 30.9. The minimum atomic E-state index is -0.713. The fraction of sp³-hybridized carbons (Fsp3) is 0.462. The van der Waals surface area contributed by atoms with Crippen molar-refractivity contribution < 1.29 is 18.3 Å². The lowest BCUT2D eigenvalue weighted by Crippen LogP contribution is -2.38. The molecule has 1 amide bonds. The normalized spacial score (nSPS) is 15.6. The third-order valence-electron chi connectivity index (χ3n) is 2.91. The van der Waals surface area contributed by atoms with E-state index in [0.717, 1.165) is 50.6 Å². The van der Waals surface area contributed by atoms with Crippen molar-refractivity contribution in [2.45, 2.75) is 19.3 Å². The average molecular weight is 255 g/mol. The smallest absolute Gasteiger partial charge is 0.260 e. The number of amides is 1. The van der Waals surface area contributed by atoms with Gasteiger partial charge in [0.05, 0.1) is 0 Å². The number of rotatable bonds is 3. The van der Waals surface area contributed by atoms with Crippen molar-refractivity contribution in [2.75, 3.05) is 19.7 Å². The topological polar surface area (TPSA) is 29.5 Å². The van der Waals surface area contributed by atoms with E-state index in [0.29, 0.717) is 0 Å². The van der Waals surface area contributed by atoms with Gasteiger partial charge in [-0.3, -0.25) is 4.79 Å². The Morgan fingerprint density at radius 1 is 1.11 bits per heavy atom. The summed E-state index contributed by atoms with van der Waals surface area (Å²) in [6.07, 6.45) is 3.14. The van der Waals surface area contributed by atoms with Gasteiger partial charge in [-0.2, -0.15) is 0 Å². The predicted octanol–water partition coefficient (Wildman–Crippen LogP) is 2.36. The molecule has 18 heavy (non-hydrogen) atoms. The molecule has 1 aromatic rings. The summed E-state index contributed by atoms with van der Waals surface area (Å²) in [6.45, 7) is 1.29. The molecule has 0 unspecified atom stereocenters. The highest BCUT2D eigenvalue weighted by Gasteiger charge is 2.16. The van der Waals surface area contributed by atoms with E-state index in [9.17, 15) is 13.6 Å². The van der Waals surface area contributed by atoms with Crippen LogP contribution in [0.1, 0.15) is 19.3 Å². The van der Waals surface area contributed by atoms with Gasteiger partial charge in [0.1, 0.15) is 17.4 Å². The molecule has 1 aliphatic rings. The van der Waals surface area contributed by atoms with E-state index in [4.69, 9.17) is 4.74 Å². The van der Waals surface area contributed by atoms with Crippen molar-refractivity contribution in [1.29, 1.82) is 0 Å². The number of hydrogen-bond donors (Lipinski definition) is 0. The quantitative estimate of drug-likeness (QED) is 0.829. The Kier molecular flexibility index (Phi) is 4.12. The molecule has 0 radical (unpaired) electrons. The van der Waals surface area contributed by atoms with E-state index < -0.39 is 11.6 Å². The van der Waals surface area contributed by atoms with E-state index in [1.807, 2.05) is 0 Å². The maximum Gasteiger partial charge on any atom is 0.260 e. The monoisotopic (exact) mass is 255 g/mol. The number of benzene rings is 1. The average Bonchev–Trinajstić information content (AvgIpc) is 2.36. The summed E-state index contributed by atoms with van der Waals surface area (Å²) >= 11 is 0. The molecule has 98 valence electrons. The van der Waals surface area contributed by atoms with Gasteiger partial charge < -0.3 is 9.64 Å². The largest absolute Gasteiger partial charge is 0.484 e. The maximum absolute atomic E-state index is 12.9. The van der Waals surface area contributed by atoms with Crippen LogP contribution in [0.15, 0.2) is 18.2 Å². The van der Waals surface area contributed by atoms with E-state index in [2.05, 4.69) is 0 Å². The molecule has 0 bridgehead atoms. The lowest BCUT2D eigenvalue weighted by molar-refractivity contribution is -0.134. The second-order valence-electron chi connectivity index (χ2n) is 4.34. The Balaban J connectivity index is 1.88. The van der Waals surface area contributed by atoms with Gasteiger partial charge in [-0.15, -0.1) is 0 Å². The first-order valence-corrected chi connectivity index (χ1v) is 6.02. The number of ether oxygens (including phenoxy) is 1. The number of piperidine rings is 1. The van der Waals surface area contributed by atoms with Crippen LogP contribution in [-0.2, 0) is 4.79 Å². The highest BCUT2D eigenvalue weighted by molar-refractivity contribution is 5.77. The van der Waals surface area contributed by atoms with Crippen LogP contribution in [0.4, 0.5) is 8.78 Å². The molecular formula is C13H15F2NO2. The van der Waals surface area contributed by atoms with Crippen molar-refractivity contribution in [3.8, 4) is 5.75 Å². The molecule has 0 aliphatic carbocycles. The molecule has 1 aliphatic heterocycles. The van der Waals surface area contributed by atoms with Gasteiger partial charge in [0.15, 0.2) is 6.61 Å². The van der Waals surface area contributed by atoms with Crippen molar-refractivity contribution in [3.05, 3.63) is 29.8 Å². The summed E-state index contributed by atoms with van der Waals surface area (Å²) in [6, 6.07) is 2.89. The Bertz CT molecular complexity index is 411. The van der Waals surface area contributed by atoms with Crippen LogP contribution in [-0.4, -0.2) is 30.5 Å². The molecule has 0 spiro atoms. The lowest BCUT2D eigenvalue weighted by Gasteiger charge is -2.26. The summed E-state index contributed by atoms with van der Waals surface area (Å²) in [4.78, 5) is 13.5. The Morgan fingerprint density at radius 3 is 2.33 bits per heavy atom. The van der Waals surface area contributed by atoms with E-state index in [1.165, 1.54) is 0 Å². The van der Waals surface area contributed by atoms with E-state index in [-0.39, 0.29) is 18.3 Å². The molecule has 0 N–H and O–H groups in total. The van der Waals surface area contributed by atoms with Crippen LogP contribution in [0, 0.1) is 11.6 Å². The molecule has 2 rings (SSSR count). The number of halogens is 2. The Hall–Kier alpha value is -1.65. The van der Waals surface area contributed by atoms with Crippen LogP contribution in [0.2, 0.25) is 0 Å². The molecule has 1 saturated heterocycles. The molecule has 1 heterocycles. The van der Waals surface area contributed by atoms with Crippen LogP contribution in [0.3, 0.4) is 0 Å². The fourth-order valence-electron chi connectivity index (χ4n) is 1.99. The number of hydrogen-bond acceptors (Lipinski definition) is 2. The number of carbonyl (C=O) groups is 1. The van der Waals surface area contributed by atoms with Crippen LogP contribution in [0.25, 0.3) is 0 Å². The number of likely N-dealkylation sites (tertiary alicyclic amines) is 1. The minimum absolute atomic E-state index is 0.0397. The number of nitrogens with zero attached hydrogens (tertiary/aromatic N) is 1. The molecule has 1 aromatic carbocycles. The highest BCUT2D eigenvalue weighted by atomic mass is 19.1. The van der Waals surface area contributed by atoms with Crippen molar-refractivity contribution in [2.24, 2.45) is 0 Å². The van der Waals surface area contributed by atoms with Gasteiger partial charge in [0.2, 0.25) is 0 Å². The fourth-order valence-corrected chi connectivity index (χ4v) is 1.99. The lowest BCUT2D eigenvalue weighted by atomic mass is 10.1. The summed E-state index contributed by atoms with van der Waals surface area (Å²) in [7, 11) is 0. The molecular weight excluding hydrogens is 240 g/mol. The molecule has 0 saturated carbocycles. The summed E-state index contributed by atoms with van der Waals surface area (Å²) in [5.74, 6) is -1.52. The van der Waals surface area contributed by atoms with Crippen LogP contribution >= 0.6 is 0 Å². The number of carbonyl (C=O) groups excluding carboxylic acids is 1. The maximum atomic E-state index is 12.9. The van der Waals surface area contributed by atoms with E-state index in [1.54, 1.807) is 4.90 Å². The Morgan fingerprint density at radius 2 is 1.72 bits per heavy atom. The van der Waals surface area contributed by atoms with Gasteiger partial charge in [0.25, 0.3) is 5.91 Å². The first-order valence-electron chi connectivity index (χ1n) is 6.02. The van der Waals surface area contributed by atoms with Gasteiger partial charge >= 0.3 is 0 Å². The van der Waals surface area contributed by atoms with Crippen molar-refractivity contribution >= 4 is 5.91 Å². The SMILES string of the molecule is O=C(COc1cc(F)cc(F)c1)N1CCCCC1. The molecule has 0 aromatic heterocycles. The van der Waals surface area contributed by atoms with Gasteiger partial charge in [-0.25, -0.2) is 8.78 Å². The zero-order valence-electron chi connectivity index (χ0n) is 9.99. The molecule has 3 nitrogen and oxygen atoms in total. The predicted molar refractivity (Wildman–Crippen MR) is 62.3 cm³/mol. The summed E-state index contributed by atoms with van der Waals surface area (Å²) in [5, 5.41) is 0. The second-order valence-corrected chi connectivity index (χ2v) is 4.34. The van der Waals surface area contributed by atoms with Crippen molar-refractivity contribution in [1.82, 2.24) is 4.90 Å². The summed E-state index contributed by atoms with van der Waals surface area (Å²) in [5.41, 5.74) is 0. The third kappa shape index (κ3) is 3.42. The van der Waals surface area contributed by atoms with Crippen molar-refractivity contribution in [3.63, 3.8) is 0 Å². The Labute approximate surface area is 104 Å². The van der Waals surface area contributed by atoms with Gasteiger partial charge in [-0.1, -0.05) is 0 Å². The molecule has 5 heteroatoms. The zero-order chi connectivity index (χ0) is 13.0. The zero-order valence-corrected chi connectivity index (χ0v) is 9.99. The highest BCUT2D eigenvalue weighted by Crippen LogP contribution is 2.16. The van der Waals surface area contributed by atoms with Gasteiger partial charge in [-0.05, 0) is 19.3 Å². The van der Waals surface area contributed by atoms with Crippen LogP contribution in [0.5, 0.6) is 5.75 Å². The molecule has 0 atom stereocenters. The van der Waals surface area contributed by atoms with Gasteiger partial charge in [0, 0.05) is 31.3 Å². The minimum Gasteiger partial charge on any atom is -0.484 e. The van der Waals surface area contributed by atoms with Crippen LogP contribution < -0.4 is 4.74 Å².